The molecule has 0 saturated carbocycles. The predicted molar refractivity (Wildman–Crippen MR) is 78.5 cm³/mol. The van der Waals surface area contributed by atoms with Gasteiger partial charge in [-0.2, -0.15) is 0 Å². The van der Waals surface area contributed by atoms with Gasteiger partial charge in [0.15, 0.2) is 0 Å². The fourth-order valence-corrected chi connectivity index (χ4v) is 2.25. The van der Waals surface area contributed by atoms with Crippen molar-refractivity contribution in [3.63, 3.8) is 0 Å². The Balaban J connectivity index is 2.29. The van der Waals surface area contributed by atoms with E-state index in [0.29, 0.717) is 0 Å². The third-order valence-corrected chi connectivity index (χ3v) is 3.48. The van der Waals surface area contributed by atoms with Crippen molar-refractivity contribution >= 4 is 15.9 Å². The van der Waals surface area contributed by atoms with Crippen LogP contribution in [0.25, 0.3) is 0 Å². The second kappa shape index (κ2) is 8.62. The Hall–Kier alpha value is -0.450. The third kappa shape index (κ3) is 5.94. The van der Waals surface area contributed by atoms with Crippen molar-refractivity contribution in [3.05, 3.63) is 34.1 Å². The van der Waals surface area contributed by atoms with Crippen molar-refractivity contribution in [1.82, 2.24) is 10.2 Å². The highest BCUT2D eigenvalue weighted by Gasteiger charge is 2.05. The number of unbranched alkanes of at least 4 members (excludes halogenated alkanes) is 1. The summed E-state index contributed by atoms with van der Waals surface area (Å²) in [5.41, 5.74) is 0.784. The Kier molecular flexibility index (Phi) is 7.47. The minimum absolute atomic E-state index is 0.109. The fraction of sp³-hybridized carbons (Fsp3) is 0.571. The van der Waals surface area contributed by atoms with E-state index >= 15 is 0 Å². The van der Waals surface area contributed by atoms with E-state index in [1.807, 2.05) is 13.1 Å². The molecule has 0 saturated heterocycles. The molecule has 2 nitrogen and oxygen atoms in total. The maximum atomic E-state index is 13.5. The average Bonchev–Trinajstić information content (AvgIpc) is 2.36. The zero-order valence-electron chi connectivity index (χ0n) is 11.2. The molecule has 1 N–H and O–H groups in total. The van der Waals surface area contributed by atoms with Crippen LogP contribution in [-0.4, -0.2) is 38.6 Å². The molecule has 0 heterocycles. The van der Waals surface area contributed by atoms with Gasteiger partial charge in [0.25, 0.3) is 0 Å². The molecule has 0 aliphatic rings. The normalized spacial score (nSPS) is 11.2. The van der Waals surface area contributed by atoms with E-state index in [-0.39, 0.29) is 5.82 Å². The first-order chi connectivity index (χ1) is 8.63. The van der Waals surface area contributed by atoms with Gasteiger partial charge in [0.2, 0.25) is 0 Å². The number of hydrogen-bond donors (Lipinski definition) is 1. The van der Waals surface area contributed by atoms with Gasteiger partial charge in [0, 0.05) is 11.0 Å². The van der Waals surface area contributed by atoms with Crippen molar-refractivity contribution in [2.75, 3.05) is 33.7 Å². The van der Waals surface area contributed by atoms with E-state index < -0.39 is 0 Å². The lowest BCUT2D eigenvalue weighted by Crippen LogP contribution is -2.23. The number of nitrogens with zero attached hydrogens (tertiary/aromatic N) is 1. The molecule has 4 heteroatoms. The summed E-state index contributed by atoms with van der Waals surface area (Å²) in [7, 11) is 4.06. The first-order valence-corrected chi connectivity index (χ1v) is 7.20. The molecule has 1 aromatic rings. The molecule has 0 unspecified atom stereocenters. The highest BCUT2D eigenvalue weighted by molar-refractivity contribution is 9.10. The average molecular weight is 317 g/mol. The monoisotopic (exact) mass is 316 g/mol. The van der Waals surface area contributed by atoms with Crippen LogP contribution >= 0.6 is 15.9 Å². The van der Waals surface area contributed by atoms with Crippen LogP contribution in [0.5, 0.6) is 0 Å². The second-order valence-corrected chi connectivity index (χ2v) is 5.52. The SMILES string of the molecule is CNCCCCN(C)CCc1cc(Br)ccc1F. The second-order valence-electron chi connectivity index (χ2n) is 4.60. The summed E-state index contributed by atoms with van der Waals surface area (Å²) in [6, 6.07) is 5.12. The Morgan fingerprint density at radius 2 is 2.06 bits per heavy atom. The lowest BCUT2D eigenvalue weighted by atomic mass is 10.1. The Bertz CT molecular complexity index is 358. The topological polar surface area (TPSA) is 15.3 Å². The summed E-state index contributed by atoms with van der Waals surface area (Å²) in [5.74, 6) is -0.109. The Labute approximate surface area is 118 Å². The quantitative estimate of drug-likeness (QED) is 0.741. The van der Waals surface area contributed by atoms with Crippen LogP contribution in [-0.2, 0) is 6.42 Å². The molecule has 0 radical (unpaired) electrons. The fourth-order valence-electron chi connectivity index (χ4n) is 1.84. The van der Waals surface area contributed by atoms with Gasteiger partial charge in [-0.25, -0.2) is 4.39 Å². The first-order valence-electron chi connectivity index (χ1n) is 6.40. The van der Waals surface area contributed by atoms with Crippen LogP contribution in [0.2, 0.25) is 0 Å². The van der Waals surface area contributed by atoms with Crippen molar-refractivity contribution in [2.24, 2.45) is 0 Å². The summed E-state index contributed by atoms with van der Waals surface area (Å²) in [5, 5.41) is 3.14. The van der Waals surface area contributed by atoms with E-state index in [9.17, 15) is 4.39 Å². The van der Waals surface area contributed by atoms with Gasteiger partial charge < -0.3 is 10.2 Å². The van der Waals surface area contributed by atoms with Crippen LogP contribution in [0.3, 0.4) is 0 Å². The molecule has 0 amide bonds. The van der Waals surface area contributed by atoms with Gasteiger partial charge in [-0.05, 0) is 70.2 Å². The summed E-state index contributed by atoms with van der Waals surface area (Å²) in [4.78, 5) is 2.26. The highest BCUT2D eigenvalue weighted by atomic mass is 79.9. The summed E-state index contributed by atoms with van der Waals surface area (Å²) >= 11 is 3.38. The van der Waals surface area contributed by atoms with E-state index in [2.05, 4.69) is 33.2 Å². The molecule has 0 atom stereocenters. The van der Waals surface area contributed by atoms with Crippen molar-refractivity contribution in [3.8, 4) is 0 Å². The van der Waals surface area contributed by atoms with Gasteiger partial charge in [-0.1, -0.05) is 15.9 Å². The standard InChI is InChI=1S/C14H22BrFN2/c1-17-8-3-4-9-18(2)10-7-12-11-13(15)5-6-14(12)16/h5-6,11,17H,3-4,7-10H2,1-2H3. The van der Waals surface area contributed by atoms with Crippen molar-refractivity contribution in [2.45, 2.75) is 19.3 Å². The maximum Gasteiger partial charge on any atom is 0.126 e. The molecule has 0 aliphatic heterocycles. The molecule has 0 bridgehead atoms. The van der Waals surface area contributed by atoms with Crippen molar-refractivity contribution < 1.29 is 4.39 Å². The minimum atomic E-state index is -0.109. The number of rotatable bonds is 8. The van der Waals surface area contributed by atoms with Crippen molar-refractivity contribution in [1.29, 1.82) is 0 Å². The maximum absolute atomic E-state index is 13.5. The van der Waals surface area contributed by atoms with E-state index in [0.717, 1.165) is 36.1 Å². The molecule has 0 fully saturated rings. The smallest absolute Gasteiger partial charge is 0.126 e. The molecule has 1 aromatic carbocycles. The summed E-state index contributed by atoms with van der Waals surface area (Å²) in [6.45, 7) is 3.03. The number of likely N-dealkylation sites (N-methyl/N-ethyl adjacent to an activating group) is 1. The highest BCUT2D eigenvalue weighted by Crippen LogP contribution is 2.16. The Morgan fingerprint density at radius 3 is 2.78 bits per heavy atom. The minimum Gasteiger partial charge on any atom is -0.320 e. The zero-order valence-corrected chi connectivity index (χ0v) is 12.8. The molecule has 1 rings (SSSR count). The van der Waals surface area contributed by atoms with E-state index in [1.165, 1.54) is 18.9 Å². The van der Waals surface area contributed by atoms with Gasteiger partial charge in [-0.3, -0.25) is 0 Å². The van der Waals surface area contributed by atoms with E-state index in [4.69, 9.17) is 0 Å². The van der Waals surface area contributed by atoms with Gasteiger partial charge >= 0.3 is 0 Å². The number of benzene rings is 1. The molecule has 18 heavy (non-hydrogen) atoms. The number of hydrogen-bond acceptors (Lipinski definition) is 2. The lowest BCUT2D eigenvalue weighted by Gasteiger charge is -2.16. The van der Waals surface area contributed by atoms with Gasteiger partial charge in [0.05, 0.1) is 0 Å². The van der Waals surface area contributed by atoms with Crippen LogP contribution in [0.15, 0.2) is 22.7 Å². The lowest BCUT2D eigenvalue weighted by molar-refractivity contribution is 0.328. The first kappa shape index (κ1) is 15.6. The zero-order chi connectivity index (χ0) is 13.4. The molecule has 0 spiro atoms. The molecular weight excluding hydrogens is 295 g/mol. The molecule has 0 aromatic heterocycles. The predicted octanol–water partition coefficient (Wildman–Crippen LogP) is 3.06. The van der Waals surface area contributed by atoms with E-state index in [1.54, 1.807) is 6.07 Å². The Morgan fingerprint density at radius 1 is 1.28 bits per heavy atom. The molecular formula is C14H22BrFN2. The van der Waals surface area contributed by atoms with Gasteiger partial charge in [0.1, 0.15) is 5.82 Å². The van der Waals surface area contributed by atoms with Crippen LogP contribution in [0, 0.1) is 5.82 Å². The van der Waals surface area contributed by atoms with Crippen LogP contribution < -0.4 is 5.32 Å². The van der Waals surface area contributed by atoms with Crippen LogP contribution in [0.1, 0.15) is 18.4 Å². The largest absolute Gasteiger partial charge is 0.320 e. The third-order valence-electron chi connectivity index (χ3n) is 2.99. The number of nitrogens with one attached hydrogen (secondary N) is 1. The van der Waals surface area contributed by atoms with Crippen LogP contribution in [0.4, 0.5) is 4.39 Å². The summed E-state index contributed by atoms with van der Waals surface area (Å²) in [6.07, 6.45) is 3.12. The number of halogens is 2. The molecule has 102 valence electrons. The van der Waals surface area contributed by atoms with Gasteiger partial charge in [-0.15, -0.1) is 0 Å². The summed E-state index contributed by atoms with van der Waals surface area (Å²) < 4.78 is 14.5. The molecule has 0 aliphatic carbocycles.